The van der Waals surface area contributed by atoms with Gasteiger partial charge in [-0.05, 0) is 12.2 Å². The van der Waals surface area contributed by atoms with E-state index < -0.39 is 0 Å². The number of ether oxygens (including phenoxy) is 1. The number of aromatic nitrogens is 5. The molecule has 0 atom stereocenters. The van der Waals surface area contributed by atoms with E-state index in [0.717, 1.165) is 5.56 Å². The molecule has 2 heterocycles. The number of hydrogen-bond donors (Lipinski definition) is 1. The first kappa shape index (κ1) is 9.66. The molecule has 0 unspecified atom stereocenters. The van der Waals surface area contributed by atoms with Crippen LogP contribution in [0.4, 0.5) is 0 Å². The molecule has 15 heavy (non-hydrogen) atoms. The van der Waals surface area contributed by atoms with Crippen LogP contribution in [0.2, 0.25) is 0 Å². The maximum absolute atomic E-state index is 4.94. The highest BCUT2D eigenvalue weighted by Crippen LogP contribution is 2.12. The van der Waals surface area contributed by atoms with Gasteiger partial charge in [0.05, 0.1) is 12.7 Å². The fourth-order valence-corrected chi connectivity index (χ4v) is 1.19. The fourth-order valence-electron chi connectivity index (χ4n) is 1.02. The Hall–Kier alpha value is -1.89. The number of hydrogen-bond acceptors (Lipinski definition) is 6. The van der Waals surface area contributed by atoms with Crippen molar-refractivity contribution >= 4 is 12.2 Å². The van der Waals surface area contributed by atoms with E-state index >= 15 is 0 Å². The molecular weight excluding hydrogens is 214 g/mol. The van der Waals surface area contributed by atoms with Gasteiger partial charge >= 0.3 is 0 Å². The summed E-state index contributed by atoms with van der Waals surface area (Å²) in [6, 6.07) is 0.314. The van der Waals surface area contributed by atoms with Crippen molar-refractivity contribution in [1.82, 2.24) is 24.9 Å². The molecule has 0 aliphatic heterocycles. The average Bonchev–Trinajstić information content (AvgIpc) is 2.29. The van der Waals surface area contributed by atoms with E-state index in [0.29, 0.717) is 11.8 Å². The summed E-state index contributed by atoms with van der Waals surface area (Å²) in [5.41, 5.74) is 0.726. The zero-order valence-electron chi connectivity index (χ0n) is 7.84. The summed E-state index contributed by atoms with van der Waals surface area (Å²) in [5.74, 6) is 0.535. The zero-order valence-corrected chi connectivity index (χ0v) is 8.65. The summed E-state index contributed by atoms with van der Waals surface area (Å²) in [5, 5.41) is 0. The smallest absolute Gasteiger partial charge is 0.297 e. The molecule has 76 valence electrons. The standard InChI is InChI=1S/C8H7N5OS/c1-14-7-11-6(12-8(15)13-7)5-2-9-4-10-3-5/h2-4H,1H3,(H,11,12,13,15). The lowest BCUT2D eigenvalue weighted by Gasteiger charge is -2.02. The molecule has 0 saturated heterocycles. The minimum atomic E-state index is 0.212. The third-order valence-corrected chi connectivity index (χ3v) is 1.84. The van der Waals surface area contributed by atoms with Gasteiger partial charge in [0.15, 0.2) is 0 Å². The number of H-pyrrole nitrogens is 1. The van der Waals surface area contributed by atoms with Crippen molar-refractivity contribution in [2.24, 2.45) is 0 Å². The first-order valence-corrected chi connectivity index (χ1v) is 4.48. The Balaban J connectivity index is 2.54. The molecule has 0 amide bonds. The Morgan fingerprint density at radius 2 is 2.00 bits per heavy atom. The average molecular weight is 221 g/mol. The third kappa shape index (κ3) is 2.13. The predicted octanol–water partition coefficient (Wildman–Crippen LogP) is 1.000. The molecule has 2 aromatic rings. The largest absolute Gasteiger partial charge is 0.468 e. The van der Waals surface area contributed by atoms with Crippen molar-refractivity contribution in [2.45, 2.75) is 0 Å². The van der Waals surface area contributed by atoms with E-state index in [1.54, 1.807) is 12.4 Å². The van der Waals surface area contributed by atoms with Crippen LogP contribution in [0.3, 0.4) is 0 Å². The molecule has 0 aliphatic carbocycles. The van der Waals surface area contributed by atoms with Crippen molar-refractivity contribution in [3.05, 3.63) is 23.5 Å². The van der Waals surface area contributed by atoms with Crippen LogP contribution in [-0.2, 0) is 0 Å². The van der Waals surface area contributed by atoms with E-state index in [1.807, 2.05) is 0 Å². The monoisotopic (exact) mass is 221 g/mol. The molecule has 2 aromatic heterocycles. The zero-order chi connectivity index (χ0) is 10.7. The van der Waals surface area contributed by atoms with Gasteiger partial charge in [0.1, 0.15) is 12.2 Å². The summed E-state index contributed by atoms with van der Waals surface area (Å²) in [7, 11) is 1.50. The fraction of sp³-hybridized carbons (Fsp3) is 0.125. The van der Waals surface area contributed by atoms with E-state index in [2.05, 4.69) is 24.9 Å². The second kappa shape index (κ2) is 4.09. The third-order valence-electron chi connectivity index (χ3n) is 1.66. The van der Waals surface area contributed by atoms with Gasteiger partial charge in [0.25, 0.3) is 6.01 Å². The van der Waals surface area contributed by atoms with Gasteiger partial charge in [-0.1, -0.05) is 0 Å². The van der Waals surface area contributed by atoms with Crippen LogP contribution >= 0.6 is 12.2 Å². The van der Waals surface area contributed by atoms with Crippen molar-refractivity contribution in [2.75, 3.05) is 7.11 Å². The first-order valence-electron chi connectivity index (χ1n) is 4.07. The number of nitrogens with zero attached hydrogens (tertiary/aromatic N) is 4. The molecule has 0 saturated carbocycles. The van der Waals surface area contributed by atoms with Crippen molar-refractivity contribution in [3.63, 3.8) is 0 Å². The Morgan fingerprint density at radius 3 is 2.67 bits per heavy atom. The molecule has 2 rings (SSSR count). The van der Waals surface area contributed by atoms with Crippen LogP contribution in [0.25, 0.3) is 11.4 Å². The van der Waals surface area contributed by atoms with E-state index in [1.165, 1.54) is 13.4 Å². The molecule has 0 radical (unpaired) electrons. The Labute approximate surface area is 90.4 Å². The van der Waals surface area contributed by atoms with Crippen molar-refractivity contribution in [1.29, 1.82) is 0 Å². The quantitative estimate of drug-likeness (QED) is 0.762. The lowest BCUT2D eigenvalue weighted by molar-refractivity contribution is 0.378. The van der Waals surface area contributed by atoms with Gasteiger partial charge in [0, 0.05) is 12.4 Å². The van der Waals surface area contributed by atoms with E-state index in [-0.39, 0.29) is 4.77 Å². The van der Waals surface area contributed by atoms with Gasteiger partial charge < -0.3 is 4.74 Å². The molecule has 1 N–H and O–H groups in total. The second-order valence-corrected chi connectivity index (χ2v) is 2.98. The molecule has 6 nitrogen and oxygen atoms in total. The summed E-state index contributed by atoms with van der Waals surface area (Å²) < 4.78 is 5.16. The molecule has 0 fully saturated rings. The van der Waals surface area contributed by atoms with Gasteiger partial charge in [0.2, 0.25) is 4.77 Å². The lowest BCUT2D eigenvalue weighted by Crippen LogP contribution is -1.98. The number of aromatic amines is 1. The number of methoxy groups -OCH3 is 1. The van der Waals surface area contributed by atoms with Gasteiger partial charge in [-0.25, -0.2) is 15.0 Å². The highest BCUT2D eigenvalue weighted by atomic mass is 32.1. The van der Waals surface area contributed by atoms with Crippen LogP contribution < -0.4 is 4.74 Å². The lowest BCUT2D eigenvalue weighted by atomic mass is 10.3. The second-order valence-electron chi connectivity index (χ2n) is 2.62. The van der Waals surface area contributed by atoms with Crippen LogP contribution in [0, 0.1) is 4.77 Å². The van der Waals surface area contributed by atoms with Crippen LogP contribution in [0.1, 0.15) is 0 Å². The van der Waals surface area contributed by atoms with Crippen LogP contribution in [-0.4, -0.2) is 32.0 Å². The van der Waals surface area contributed by atoms with Gasteiger partial charge in [-0.2, -0.15) is 4.98 Å². The SMILES string of the molecule is COc1nc(=S)nc(-c2cncnc2)[nH]1. The number of rotatable bonds is 2. The Bertz CT molecular complexity index is 512. The number of nitrogens with one attached hydrogen (secondary N) is 1. The van der Waals surface area contributed by atoms with Crippen LogP contribution in [0.15, 0.2) is 18.7 Å². The summed E-state index contributed by atoms with van der Waals surface area (Å²) in [4.78, 5) is 18.5. The van der Waals surface area contributed by atoms with Crippen LogP contribution in [0.5, 0.6) is 6.01 Å². The molecule has 0 bridgehead atoms. The minimum Gasteiger partial charge on any atom is -0.468 e. The predicted molar refractivity (Wildman–Crippen MR) is 54.8 cm³/mol. The summed E-state index contributed by atoms with van der Waals surface area (Å²) in [6.45, 7) is 0. The van der Waals surface area contributed by atoms with Gasteiger partial charge in [-0.3, -0.25) is 4.98 Å². The first-order chi connectivity index (χ1) is 7.29. The molecule has 0 aliphatic rings. The highest BCUT2D eigenvalue weighted by molar-refractivity contribution is 7.71. The molecular formula is C8H7N5OS. The van der Waals surface area contributed by atoms with E-state index in [4.69, 9.17) is 17.0 Å². The topological polar surface area (TPSA) is 76.6 Å². The van der Waals surface area contributed by atoms with Crippen molar-refractivity contribution in [3.8, 4) is 17.4 Å². The highest BCUT2D eigenvalue weighted by Gasteiger charge is 2.03. The van der Waals surface area contributed by atoms with Gasteiger partial charge in [-0.15, -0.1) is 0 Å². The maximum atomic E-state index is 4.94. The van der Waals surface area contributed by atoms with E-state index in [9.17, 15) is 0 Å². The Kier molecular flexibility index (Phi) is 2.64. The normalized spacial score (nSPS) is 9.93. The van der Waals surface area contributed by atoms with Crippen molar-refractivity contribution < 1.29 is 4.74 Å². The molecule has 0 aromatic carbocycles. The summed E-state index contributed by atoms with van der Waals surface area (Å²) in [6.07, 6.45) is 4.69. The molecule has 7 heteroatoms. The Morgan fingerprint density at radius 1 is 1.27 bits per heavy atom. The minimum absolute atomic E-state index is 0.212. The molecule has 0 spiro atoms. The summed E-state index contributed by atoms with van der Waals surface area (Å²) >= 11 is 4.89. The maximum Gasteiger partial charge on any atom is 0.297 e.